The van der Waals surface area contributed by atoms with Crippen molar-refractivity contribution in [1.82, 2.24) is 25.3 Å². The fourth-order valence-corrected chi connectivity index (χ4v) is 3.16. The molecule has 0 fully saturated rings. The molecule has 1 aromatic carbocycles. The van der Waals surface area contributed by atoms with Crippen LogP contribution in [0.3, 0.4) is 0 Å². The van der Waals surface area contributed by atoms with Crippen LogP contribution in [0.4, 0.5) is 11.6 Å². The quantitative estimate of drug-likeness (QED) is 0.118. The number of amides is 1. The van der Waals surface area contributed by atoms with Gasteiger partial charge in [0.1, 0.15) is 12.1 Å². The lowest BCUT2D eigenvalue weighted by molar-refractivity contribution is -0.142. The number of carboxylic acids is 4. The maximum atomic E-state index is 12.3. The molecule has 18 heteroatoms. The number of hydrogen-bond acceptors (Lipinski definition) is 12. The van der Waals surface area contributed by atoms with Crippen LogP contribution in [0.25, 0.3) is 11.2 Å². The van der Waals surface area contributed by atoms with E-state index in [0.717, 1.165) is 0 Å². The van der Waals surface area contributed by atoms with E-state index in [-0.39, 0.29) is 54.9 Å². The van der Waals surface area contributed by atoms with E-state index >= 15 is 0 Å². The summed E-state index contributed by atoms with van der Waals surface area (Å²) in [6, 6.07) is 3.80. The van der Waals surface area contributed by atoms with Crippen molar-refractivity contribution in [1.29, 1.82) is 0 Å². The van der Waals surface area contributed by atoms with Crippen LogP contribution in [-0.4, -0.2) is 82.2 Å². The highest BCUT2D eigenvalue weighted by Crippen LogP contribution is 2.12. The summed E-state index contributed by atoms with van der Waals surface area (Å²) < 4.78 is 0. The van der Waals surface area contributed by atoms with E-state index in [9.17, 15) is 28.8 Å². The third-order valence-corrected chi connectivity index (χ3v) is 5.34. The molecule has 1 amide bonds. The van der Waals surface area contributed by atoms with E-state index in [1.807, 2.05) is 0 Å². The first-order chi connectivity index (χ1) is 19.8. The van der Waals surface area contributed by atoms with E-state index in [0.29, 0.717) is 11.4 Å². The minimum absolute atomic E-state index is 0.0231. The van der Waals surface area contributed by atoms with Gasteiger partial charge in [0.25, 0.3) is 11.5 Å². The van der Waals surface area contributed by atoms with Crippen molar-refractivity contribution in [2.24, 2.45) is 5.73 Å². The zero-order valence-electron chi connectivity index (χ0n) is 21.8. The molecule has 3 aromatic rings. The lowest BCUT2D eigenvalue weighted by atomic mass is 10.1. The van der Waals surface area contributed by atoms with Gasteiger partial charge < -0.3 is 42.5 Å². The van der Waals surface area contributed by atoms with Crippen LogP contribution in [0, 0.1) is 0 Å². The summed E-state index contributed by atoms with van der Waals surface area (Å²) in [7, 11) is 0. The Hall–Kier alpha value is -5.65. The fourth-order valence-electron chi connectivity index (χ4n) is 3.16. The molecule has 1 unspecified atom stereocenters. The number of fused-ring (bicyclic) bond motifs is 1. The van der Waals surface area contributed by atoms with Gasteiger partial charge in [-0.2, -0.15) is 4.98 Å². The molecule has 0 spiro atoms. The Bertz CT molecular complexity index is 1510. The van der Waals surface area contributed by atoms with E-state index in [4.69, 9.17) is 31.9 Å². The van der Waals surface area contributed by atoms with Gasteiger partial charge in [-0.25, -0.2) is 14.8 Å². The lowest BCUT2D eigenvalue weighted by Crippen LogP contribution is -2.41. The summed E-state index contributed by atoms with van der Waals surface area (Å²) in [4.78, 5) is 80.4. The highest BCUT2D eigenvalue weighted by molar-refractivity contribution is 5.97. The van der Waals surface area contributed by atoms with E-state index in [1.165, 1.54) is 18.3 Å². The van der Waals surface area contributed by atoms with Crippen molar-refractivity contribution in [3.8, 4) is 0 Å². The van der Waals surface area contributed by atoms with Crippen molar-refractivity contribution in [3.63, 3.8) is 0 Å². The normalized spacial score (nSPS) is 11.8. The lowest BCUT2D eigenvalue weighted by Gasteiger charge is -2.14. The van der Waals surface area contributed by atoms with Gasteiger partial charge in [-0.05, 0) is 37.1 Å². The fraction of sp³-hybridized carbons (Fsp3) is 0.292. The predicted molar refractivity (Wildman–Crippen MR) is 144 cm³/mol. The molecule has 0 aliphatic rings. The number of carboxylic acid groups (broad SMARTS) is 4. The molecule has 3 rings (SSSR count). The van der Waals surface area contributed by atoms with Crippen molar-refractivity contribution in [2.45, 2.75) is 44.3 Å². The first-order valence-corrected chi connectivity index (χ1v) is 12.1. The van der Waals surface area contributed by atoms with Crippen LogP contribution in [0.5, 0.6) is 0 Å². The average molecular weight is 589 g/mol. The number of anilines is 2. The van der Waals surface area contributed by atoms with Crippen LogP contribution >= 0.6 is 0 Å². The standard InChI is InChI=1S/C19H19N7O6.C5H9NO4/c20-19-25-15-14(17(30)26-19)23-11(8-22-15)7-21-10-3-1-9(2-4-10)16(29)24-12(18(31)32)5-6-13(27)28;6-3(5(9)10)1-2-4(7)8/h1-4,8,12,21H,5-7H2,(H,24,29)(H,27,28)(H,31,32)(H3,20,22,25,26,30);3H,1-2,6H2,(H,7,8)(H,9,10)/t;3-/m.0/s1. The number of nitrogens with one attached hydrogen (secondary N) is 3. The second-order valence-corrected chi connectivity index (χ2v) is 8.59. The van der Waals surface area contributed by atoms with Crippen molar-refractivity contribution in [3.05, 3.63) is 52.1 Å². The Balaban J connectivity index is 0.000000528. The number of aliphatic carboxylic acids is 4. The summed E-state index contributed by atoms with van der Waals surface area (Å²) in [5, 5.41) is 39.5. The Labute approximate surface area is 235 Å². The van der Waals surface area contributed by atoms with Crippen LogP contribution in [0.2, 0.25) is 0 Å². The van der Waals surface area contributed by atoms with E-state index in [2.05, 4.69) is 30.6 Å². The Morgan fingerprint density at radius 1 is 0.905 bits per heavy atom. The van der Waals surface area contributed by atoms with Gasteiger partial charge >= 0.3 is 23.9 Å². The number of benzene rings is 1. The minimum atomic E-state index is -1.31. The minimum Gasteiger partial charge on any atom is -0.481 e. The van der Waals surface area contributed by atoms with Gasteiger partial charge in [-0.15, -0.1) is 0 Å². The number of aromatic nitrogens is 4. The van der Waals surface area contributed by atoms with Crippen LogP contribution < -0.4 is 27.7 Å². The molecule has 2 atom stereocenters. The maximum Gasteiger partial charge on any atom is 0.326 e. The van der Waals surface area contributed by atoms with Gasteiger partial charge in [0.15, 0.2) is 11.2 Å². The van der Waals surface area contributed by atoms with Gasteiger partial charge in [-0.3, -0.25) is 29.0 Å². The molecular formula is C24H28N8O10. The topological polar surface area (TPSA) is 314 Å². The number of nitrogens with two attached hydrogens (primary N) is 2. The maximum absolute atomic E-state index is 12.3. The molecule has 0 saturated heterocycles. The molecule has 0 aliphatic carbocycles. The average Bonchev–Trinajstić information content (AvgIpc) is 2.93. The zero-order valence-corrected chi connectivity index (χ0v) is 21.8. The van der Waals surface area contributed by atoms with Crippen LogP contribution in [0.1, 0.15) is 41.7 Å². The summed E-state index contributed by atoms with van der Waals surface area (Å²) >= 11 is 0. The SMILES string of the molecule is N[C@@H](CCC(=O)O)C(=O)O.Nc1nc2ncc(CNc3ccc(C(=O)NC(CCC(=O)O)C(=O)O)cc3)nc2c(=O)[nH]1. The van der Waals surface area contributed by atoms with Gasteiger partial charge in [-0.1, -0.05) is 0 Å². The predicted octanol–water partition coefficient (Wildman–Crippen LogP) is -0.782. The largest absolute Gasteiger partial charge is 0.481 e. The third-order valence-electron chi connectivity index (χ3n) is 5.34. The molecule has 42 heavy (non-hydrogen) atoms. The number of carbonyl (C=O) groups is 5. The smallest absolute Gasteiger partial charge is 0.326 e. The number of nitrogens with zero attached hydrogens (tertiary/aromatic N) is 3. The van der Waals surface area contributed by atoms with Crippen molar-refractivity contribution >= 4 is 52.6 Å². The third kappa shape index (κ3) is 10.5. The Morgan fingerprint density at radius 2 is 1.52 bits per heavy atom. The van der Waals surface area contributed by atoms with Gasteiger partial charge in [0.2, 0.25) is 5.95 Å². The van der Waals surface area contributed by atoms with E-state index in [1.54, 1.807) is 12.1 Å². The molecule has 18 nitrogen and oxygen atoms in total. The van der Waals surface area contributed by atoms with Gasteiger partial charge in [0.05, 0.1) is 18.4 Å². The van der Waals surface area contributed by atoms with E-state index < -0.39 is 47.4 Å². The number of nitrogen functional groups attached to an aromatic ring is 1. The molecule has 0 bridgehead atoms. The number of hydrogen-bond donors (Lipinski definition) is 9. The highest BCUT2D eigenvalue weighted by atomic mass is 16.4. The first kappa shape index (κ1) is 32.6. The Morgan fingerprint density at radius 3 is 2.10 bits per heavy atom. The monoisotopic (exact) mass is 588 g/mol. The van der Waals surface area contributed by atoms with Gasteiger partial charge in [0, 0.05) is 24.1 Å². The molecule has 0 saturated carbocycles. The number of rotatable bonds is 13. The van der Waals surface area contributed by atoms with Crippen molar-refractivity contribution < 1.29 is 44.4 Å². The second kappa shape index (κ2) is 15.2. The summed E-state index contributed by atoms with van der Waals surface area (Å²) in [6.07, 6.45) is 0.616. The molecular weight excluding hydrogens is 560 g/mol. The Kier molecular flexibility index (Phi) is 11.8. The molecule has 224 valence electrons. The molecule has 2 heterocycles. The summed E-state index contributed by atoms with van der Waals surface area (Å²) in [6.45, 7) is 0.231. The van der Waals surface area contributed by atoms with Crippen LogP contribution in [0.15, 0.2) is 35.3 Å². The molecule has 0 radical (unpaired) electrons. The molecule has 11 N–H and O–H groups in total. The summed E-state index contributed by atoms with van der Waals surface area (Å²) in [5.41, 5.74) is 11.5. The molecule has 0 aliphatic heterocycles. The number of carbonyl (C=O) groups excluding carboxylic acids is 1. The van der Waals surface area contributed by atoms with Crippen LogP contribution in [-0.2, 0) is 25.7 Å². The number of aromatic amines is 1. The number of H-pyrrole nitrogens is 1. The molecule has 2 aromatic heterocycles. The zero-order chi connectivity index (χ0) is 31.4. The summed E-state index contributed by atoms with van der Waals surface area (Å²) in [5.74, 6) is -5.35. The first-order valence-electron chi connectivity index (χ1n) is 12.1. The van der Waals surface area contributed by atoms with Crippen molar-refractivity contribution in [2.75, 3.05) is 11.1 Å². The highest BCUT2D eigenvalue weighted by Gasteiger charge is 2.21. The second-order valence-electron chi connectivity index (χ2n) is 8.59.